The lowest BCUT2D eigenvalue weighted by Gasteiger charge is -2.24. The molecule has 2 aromatic rings. The molecule has 1 amide bonds. The van der Waals surface area contributed by atoms with E-state index in [1.54, 1.807) is 0 Å². The first-order valence-corrected chi connectivity index (χ1v) is 7.78. The molecule has 21 heavy (non-hydrogen) atoms. The summed E-state index contributed by atoms with van der Waals surface area (Å²) in [6, 6.07) is 8.64. The lowest BCUT2D eigenvalue weighted by atomic mass is 10.1. The number of likely N-dealkylation sites (tertiary alicyclic amines) is 1. The average Bonchev–Trinajstić information content (AvgIpc) is 3.12. The Labute approximate surface area is 125 Å². The van der Waals surface area contributed by atoms with Crippen LogP contribution in [-0.4, -0.2) is 42.0 Å². The van der Waals surface area contributed by atoms with Crippen LogP contribution in [0.15, 0.2) is 30.5 Å². The number of aromatic amines is 1. The number of hydrogen-bond acceptors (Lipinski definition) is 2. The van der Waals surface area contributed by atoms with Crippen LogP contribution in [0.3, 0.4) is 0 Å². The zero-order chi connectivity index (χ0) is 14.7. The van der Waals surface area contributed by atoms with Crippen LogP contribution in [0.1, 0.15) is 24.8 Å². The van der Waals surface area contributed by atoms with E-state index in [1.807, 2.05) is 25.4 Å². The molecule has 1 aromatic carbocycles. The molecular formula is C17H23N3O. The van der Waals surface area contributed by atoms with Gasteiger partial charge in [0.1, 0.15) is 0 Å². The number of carbonyl (C=O) groups excluding carboxylic acids is 1. The number of H-pyrrole nitrogens is 1. The third kappa shape index (κ3) is 2.95. The second-order valence-electron chi connectivity index (χ2n) is 5.80. The second-order valence-corrected chi connectivity index (χ2v) is 5.80. The van der Waals surface area contributed by atoms with Gasteiger partial charge >= 0.3 is 0 Å². The van der Waals surface area contributed by atoms with Gasteiger partial charge in [0.25, 0.3) is 0 Å². The van der Waals surface area contributed by atoms with Gasteiger partial charge in [-0.1, -0.05) is 18.2 Å². The monoisotopic (exact) mass is 285 g/mol. The van der Waals surface area contributed by atoms with Crippen LogP contribution in [0.2, 0.25) is 0 Å². The van der Waals surface area contributed by atoms with Gasteiger partial charge in [0.2, 0.25) is 5.91 Å². The number of nitrogens with zero attached hydrogens (tertiary/aromatic N) is 1. The number of para-hydroxylation sites is 1. The molecular weight excluding hydrogens is 262 g/mol. The Morgan fingerprint density at radius 1 is 1.43 bits per heavy atom. The summed E-state index contributed by atoms with van der Waals surface area (Å²) in [5, 5.41) is 4.42. The van der Waals surface area contributed by atoms with Gasteiger partial charge in [-0.2, -0.15) is 0 Å². The Balaban J connectivity index is 1.63. The first-order chi connectivity index (χ1) is 10.3. The fourth-order valence-electron chi connectivity index (χ4n) is 3.34. The van der Waals surface area contributed by atoms with Crippen molar-refractivity contribution in [3.05, 3.63) is 36.0 Å². The van der Waals surface area contributed by atoms with Crippen LogP contribution in [-0.2, 0) is 11.2 Å². The lowest BCUT2D eigenvalue weighted by molar-refractivity contribution is -0.131. The minimum absolute atomic E-state index is 0.290. The van der Waals surface area contributed by atoms with Gasteiger partial charge in [0.05, 0.1) is 0 Å². The van der Waals surface area contributed by atoms with E-state index in [2.05, 4.69) is 27.3 Å². The molecule has 0 spiro atoms. The molecule has 1 aromatic heterocycles. The molecule has 1 saturated heterocycles. The molecule has 4 nitrogen and oxygen atoms in total. The summed E-state index contributed by atoms with van der Waals surface area (Å²) < 4.78 is 0. The van der Waals surface area contributed by atoms with Crippen molar-refractivity contribution in [3.8, 4) is 0 Å². The number of nitrogens with one attached hydrogen (secondary N) is 2. The maximum absolute atomic E-state index is 12.4. The highest BCUT2D eigenvalue weighted by atomic mass is 16.2. The minimum Gasteiger partial charge on any atom is -0.361 e. The number of carbonyl (C=O) groups is 1. The van der Waals surface area contributed by atoms with Crippen molar-refractivity contribution in [1.82, 2.24) is 15.2 Å². The topological polar surface area (TPSA) is 48.1 Å². The molecule has 2 N–H and O–H groups in total. The van der Waals surface area contributed by atoms with Crippen LogP contribution < -0.4 is 5.32 Å². The smallest absolute Gasteiger partial charge is 0.223 e. The van der Waals surface area contributed by atoms with Crippen LogP contribution in [0.5, 0.6) is 0 Å². The zero-order valence-corrected chi connectivity index (χ0v) is 12.6. The maximum Gasteiger partial charge on any atom is 0.223 e. The molecule has 1 atom stereocenters. The Bertz CT molecular complexity index is 619. The summed E-state index contributed by atoms with van der Waals surface area (Å²) in [5.41, 5.74) is 2.39. The van der Waals surface area contributed by atoms with Gasteiger partial charge in [-0.25, -0.2) is 0 Å². The molecule has 0 radical (unpaired) electrons. The summed E-state index contributed by atoms with van der Waals surface area (Å²) in [7, 11) is 1.95. The lowest BCUT2D eigenvalue weighted by Crippen LogP contribution is -2.40. The van der Waals surface area contributed by atoms with E-state index >= 15 is 0 Å². The minimum atomic E-state index is 0.290. The zero-order valence-electron chi connectivity index (χ0n) is 12.6. The van der Waals surface area contributed by atoms with Gasteiger partial charge in [-0.15, -0.1) is 0 Å². The third-order valence-electron chi connectivity index (χ3n) is 4.42. The molecule has 1 unspecified atom stereocenters. The Hall–Kier alpha value is -1.81. The van der Waals surface area contributed by atoms with E-state index in [1.165, 1.54) is 10.9 Å². The Kier molecular flexibility index (Phi) is 4.25. The van der Waals surface area contributed by atoms with E-state index in [4.69, 9.17) is 0 Å². The highest BCUT2D eigenvalue weighted by Gasteiger charge is 2.27. The molecule has 112 valence electrons. The molecule has 3 rings (SSSR count). The van der Waals surface area contributed by atoms with E-state index < -0.39 is 0 Å². The van der Waals surface area contributed by atoms with E-state index in [0.29, 0.717) is 12.5 Å². The summed E-state index contributed by atoms with van der Waals surface area (Å²) in [6.07, 6.45) is 5.70. The summed E-state index contributed by atoms with van der Waals surface area (Å²) in [5.74, 6) is 0.290. The first-order valence-electron chi connectivity index (χ1n) is 7.78. The van der Waals surface area contributed by atoms with Crippen molar-refractivity contribution in [1.29, 1.82) is 0 Å². The van der Waals surface area contributed by atoms with Gasteiger partial charge in [0, 0.05) is 42.7 Å². The van der Waals surface area contributed by atoms with Crippen LogP contribution in [0, 0.1) is 0 Å². The largest absolute Gasteiger partial charge is 0.361 e. The van der Waals surface area contributed by atoms with Crippen LogP contribution >= 0.6 is 0 Å². The van der Waals surface area contributed by atoms with Crippen molar-refractivity contribution >= 4 is 16.8 Å². The van der Waals surface area contributed by atoms with Crippen LogP contribution in [0.4, 0.5) is 0 Å². The van der Waals surface area contributed by atoms with Crippen molar-refractivity contribution in [2.75, 3.05) is 20.1 Å². The fraction of sp³-hybridized carbons (Fsp3) is 0.471. The van der Waals surface area contributed by atoms with Crippen molar-refractivity contribution in [2.24, 2.45) is 0 Å². The molecule has 0 bridgehead atoms. The average molecular weight is 285 g/mol. The van der Waals surface area contributed by atoms with Gasteiger partial charge in [0.15, 0.2) is 0 Å². The highest BCUT2D eigenvalue weighted by molar-refractivity contribution is 5.84. The number of benzene rings is 1. The molecule has 0 saturated carbocycles. The Morgan fingerprint density at radius 3 is 3.14 bits per heavy atom. The van der Waals surface area contributed by atoms with E-state index in [-0.39, 0.29) is 5.91 Å². The predicted octanol–water partition coefficient (Wildman–Crippen LogP) is 2.31. The van der Waals surface area contributed by atoms with Gasteiger partial charge in [-0.3, -0.25) is 4.79 Å². The summed E-state index contributed by atoms with van der Waals surface area (Å²) in [4.78, 5) is 17.8. The number of aryl methyl sites for hydroxylation is 1. The quantitative estimate of drug-likeness (QED) is 0.885. The van der Waals surface area contributed by atoms with Crippen molar-refractivity contribution in [3.63, 3.8) is 0 Å². The molecule has 1 aliphatic heterocycles. The second kappa shape index (κ2) is 6.31. The fourth-order valence-corrected chi connectivity index (χ4v) is 3.34. The highest BCUT2D eigenvalue weighted by Crippen LogP contribution is 2.21. The number of aromatic nitrogens is 1. The standard InChI is InChI=1S/C17H23N3O/c1-18-12-14-5-4-10-20(14)17(21)9-8-13-11-19-16-7-3-2-6-15(13)16/h2-3,6-7,11,14,18-19H,4-5,8-10,12H2,1H3. The first kappa shape index (κ1) is 14.1. The number of fused-ring (bicyclic) bond motifs is 1. The molecule has 1 aliphatic rings. The van der Waals surface area contributed by atoms with Crippen molar-refractivity contribution < 1.29 is 4.79 Å². The molecule has 0 aliphatic carbocycles. The number of rotatable bonds is 5. The number of likely N-dealkylation sites (N-methyl/N-ethyl adjacent to an activating group) is 1. The van der Waals surface area contributed by atoms with E-state index in [0.717, 1.165) is 37.9 Å². The Morgan fingerprint density at radius 2 is 2.29 bits per heavy atom. The normalized spacial score (nSPS) is 18.5. The maximum atomic E-state index is 12.4. The molecule has 4 heteroatoms. The SMILES string of the molecule is CNCC1CCCN1C(=O)CCc1c[nH]c2ccccc12. The molecule has 2 heterocycles. The van der Waals surface area contributed by atoms with Crippen LogP contribution in [0.25, 0.3) is 10.9 Å². The van der Waals surface area contributed by atoms with Gasteiger partial charge in [-0.05, 0) is 37.9 Å². The third-order valence-corrected chi connectivity index (χ3v) is 4.42. The van der Waals surface area contributed by atoms with Crippen molar-refractivity contribution in [2.45, 2.75) is 31.7 Å². The van der Waals surface area contributed by atoms with E-state index in [9.17, 15) is 4.79 Å². The summed E-state index contributed by atoms with van der Waals surface area (Å²) >= 11 is 0. The number of hydrogen-bond donors (Lipinski definition) is 2. The predicted molar refractivity (Wildman–Crippen MR) is 85.3 cm³/mol. The summed E-state index contributed by atoms with van der Waals surface area (Å²) in [6.45, 7) is 1.82. The number of amides is 1. The van der Waals surface area contributed by atoms with Gasteiger partial charge < -0.3 is 15.2 Å². The molecule has 1 fully saturated rings.